The molecule has 0 aliphatic carbocycles. The van der Waals surface area contributed by atoms with Crippen molar-refractivity contribution in [2.24, 2.45) is 0 Å². The molecule has 0 spiro atoms. The molecule has 200 valence electrons. The summed E-state index contributed by atoms with van der Waals surface area (Å²) < 4.78 is 69.9. The van der Waals surface area contributed by atoms with E-state index in [0.29, 0.717) is 21.2 Å². The van der Waals surface area contributed by atoms with Crippen LogP contribution in [0, 0.1) is 0 Å². The Kier molecular flexibility index (Phi) is 6.92. The summed E-state index contributed by atoms with van der Waals surface area (Å²) in [6, 6.07) is 19.3. The van der Waals surface area contributed by atoms with Gasteiger partial charge >= 0.3 is 10.1 Å². The molecule has 0 unspecified atom stereocenters. The molecule has 2 aromatic carbocycles. The van der Waals surface area contributed by atoms with Crippen molar-refractivity contribution in [3.8, 4) is 20.9 Å². The average molecular weight is 636 g/mol. The van der Waals surface area contributed by atoms with Crippen LogP contribution in [0.25, 0.3) is 37.2 Å². The van der Waals surface area contributed by atoms with Crippen molar-refractivity contribution in [3.05, 3.63) is 81.5 Å². The molecule has 4 heterocycles. The van der Waals surface area contributed by atoms with Gasteiger partial charge in [0, 0.05) is 20.7 Å². The molecule has 6 rings (SSSR count). The zero-order valence-electron chi connectivity index (χ0n) is 19.8. The van der Waals surface area contributed by atoms with Crippen molar-refractivity contribution in [3.63, 3.8) is 0 Å². The van der Waals surface area contributed by atoms with Gasteiger partial charge in [-0.1, -0.05) is 47.4 Å². The number of thiophene rings is 2. The van der Waals surface area contributed by atoms with Crippen LogP contribution in [0.15, 0.2) is 81.3 Å². The van der Waals surface area contributed by atoms with Crippen molar-refractivity contribution in [2.75, 3.05) is 10.8 Å². The molecule has 0 saturated heterocycles. The van der Waals surface area contributed by atoms with Crippen molar-refractivity contribution in [1.82, 2.24) is 0 Å². The Balaban J connectivity index is 1.49. The first-order valence-electron chi connectivity index (χ1n) is 11.3. The van der Waals surface area contributed by atoms with Crippen LogP contribution in [0.2, 0.25) is 0 Å². The monoisotopic (exact) mass is 635 g/mol. The van der Waals surface area contributed by atoms with E-state index in [2.05, 4.69) is 0 Å². The highest BCUT2D eigenvalue weighted by molar-refractivity contribution is 8.04. The maximum atomic E-state index is 12.0. The van der Waals surface area contributed by atoms with E-state index in [9.17, 15) is 25.9 Å². The molecule has 2 N–H and O–H groups in total. The zero-order chi connectivity index (χ0) is 27.4. The van der Waals surface area contributed by atoms with Crippen molar-refractivity contribution < 1.29 is 30.5 Å². The standard InChI is InChI=1S/C25H18N2O6S6/c28-38(29,30)14-26-18-11-16(20-3-1-9-34-20)5-7-22(18)36-24(26)13-25-27(15-39(31,32)33)19-12-17(6-8-23(19)37-25)21-4-2-10-35-21/h1-13H,14-15H2,(H-,28,29,30,31,32,33)/p+1. The first kappa shape index (κ1) is 26.7. The molecular formula is C25H19N2O6S6+. The van der Waals surface area contributed by atoms with Crippen molar-refractivity contribution in [2.45, 2.75) is 10.8 Å². The van der Waals surface area contributed by atoms with Gasteiger partial charge in [-0.15, -0.1) is 22.7 Å². The largest absolute Gasteiger partial charge is 0.326 e. The molecule has 3 aromatic heterocycles. The number of thioether (sulfide) groups is 1. The van der Waals surface area contributed by atoms with E-state index in [-0.39, 0.29) is 0 Å². The summed E-state index contributed by atoms with van der Waals surface area (Å²) in [6.45, 7) is 0. The summed E-state index contributed by atoms with van der Waals surface area (Å²) in [6.07, 6.45) is 1.70. The second kappa shape index (κ2) is 10.1. The lowest BCUT2D eigenvalue weighted by molar-refractivity contribution is -0.649. The first-order chi connectivity index (χ1) is 18.5. The van der Waals surface area contributed by atoms with Crippen molar-refractivity contribution >= 4 is 88.0 Å². The minimum atomic E-state index is -4.40. The van der Waals surface area contributed by atoms with Gasteiger partial charge in [-0.3, -0.25) is 9.11 Å². The number of fused-ring (bicyclic) bond motifs is 2. The van der Waals surface area contributed by atoms with Crippen LogP contribution in [0.4, 0.5) is 5.69 Å². The van der Waals surface area contributed by atoms with Crippen LogP contribution in [0.1, 0.15) is 5.01 Å². The summed E-state index contributed by atoms with van der Waals surface area (Å²) in [5, 5.41) is 4.91. The van der Waals surface area contributed by atoms with Gasteiger partial charge in [-0.2, -0.15) is 21.4 Å². The molecule has 0 amide bonds. The summed E-state index contributed by atoms with van der Waals surface area (Å²) in [5.74, 6) is -1.34. The third-order valence-corrected chi connectivity index (χ3v) is 11.1. The first-order valence-corrected chi connectivity index (χ1v) is 17.9. The predicted molar refractivity (Wildman–Crippen MR) is 159 cm³/mol. The number of hydrogen-bond acceptors (Lipinski definition) is 9. The smallest absolute Gasteiger partial charge is 0.317 e. The van der Waals surface area contributed by atoms with E-state index in [1.807, 2.05) is 71.4 Å². The Morgan fingerprint density at radius 3 is 2.13 bits per heavy atom. The molecule has 8 nitrogen and oxygen atoms in total. The van der Waals surface area contributed by atoms with E-state index in [4.69, 9.17) is 0 Å². The Bertz CT molecular complexity index is 1940. The van der Waals surface area contributed by atoms with Gasteiger partial charge in [0.25, 0.3) is 21.0 Å². The van der Waals surface area contributed by atoms with Crippen molar-refractivity contribution in [1.29, 1.82) is 0 Å². The van der Waals surface area contributed by atoms with Gasteiger partial charge in [0.15, 0.2) is 5.88 Å². The van der Waals surface area contributed by atoms with Crippen LogP contribution < -0.4 is 9.47 Å². The highest BCUT2D eigenvalue weighted by atomic mass is 32.2. The third kappa shape index (κ3) is 5.69. The van der Waals surface area contributed by atoms with Crippen LogP contribution in [0.3, 0.4) is 0 Å². The maximum absolute atomic E-state index is 12.0. The minimum absolute atomic E-state index is 0.500. The second-order valence-corrected chi connectivity index (χ2v) is 15.5. The molecule has 14 heteroatoms. The number of hydrogen-bond donors (Lipinski definition) is 2. The second-order valence-electron chi connectivity index (χ2n) is 8.62. The van der Waals surface area contributed by atoms with Gasteiger partial charge in [0.1, 0.15) is 4.70 Å². The molecule has 0 fully saturated rings. The summed E-state index contributed by atoms with van der Waals surface area (Å²) in [7, 11) is -8.80. The summed E-state index contributed by atoms with van der Waals surface area (Å²) in [5.41, 5.74) is 3.07. The fraction of sp³-hybridized carbons (Fsp3) is 0.0800. The van der Waals surface area contributed by atoms with Gasteiger partial charge in [0.05, 0.1) is 16.8 Å². The highest BCUT2D eigenvalue weighted by Crippen LogP contribution is 2.48. The lowest BCUT2D eigenvalue weighted by Crippen LogP contribution is -2.39. The Morgan fingerprint density at radius 2 is 1.51 bits per heavy atom. The average Bonchev–Trinajstić information content (AvgIpc) is 3.66. The number of nitrogens with zero attached hydrogens (tertiary/aromatic N) is 2. The Labute approximate surface area is 241 Å². The SMILES string of the molecule is O=S(=O)(O)CN1C(=Cc2sc3ccc(-c4cccs4)cc3[n+]2CS(=O)(=O)O)Sc2ccc(-c3cccs3)cc21. The van der Waals surface area contributed by atoms with E-state index < -0.39 is 32.0 Å². The normalized spacial score (nSPS) is 14.9. The molecule has 0 bridgehead atoms. The number of anilines is 1. The summed E-state index contributed by atoms with van der Waals surface area (Å²) in [4.78, 5) is 4.34. The van der Waals surface area contributed by atoms with E-state index in [0.717, 1.165) is 30.5 Å². The van der Waals surface area contributed by atoms with Gasteiger partial charge in [-0.05, 0) is 52.2 Å². The topological polar surface area (TPSA) is 116 Å². The van der Waals surface area contributed by atoms with E-state index in [1.54, 1.807) is 28.7 Å². The molecule has 0 atom stereocenters. The van der Waals surface area contributed by atoms with Crippen LogP contribution in [0.5, 0.6) is 0 Å². The molecule has 1 aliphatic rings. The third-order valence-electron chi connectivity index (χ3n) is 5.90. The quantitative estimate of drug-likeness (QED) is 0.159. The van der Waals surface area contributed by atoms with E-state index in [1.165, 1.54) is 32.6 Å². The molecular weight excluding hydrogens is 617 g/mol. The lowest BCUT2D eigenvalue weighted by atomic mass is 10.1. The fourth-order valence-corrected chi connectivity index (χ4v) is 9.36. The maximum Gasteiger partial charge on any atom is 0.326 e. The van der Waals surface area contributed by atoms with Gasteiger partial charge < -0.3 is 4.90 Å². The fourth-order valence-electron chi connectivity index (χ4n) is 4.31. The van der Waals surface area contributed by atoms with E-state index >= 15 is 0 Å². The summed E-state index contributed by atoms with van der Waals surface area (Å²) >= 11 is 5.76. The minimum Gasteiger partial charge on any atom is -0.317 e. The molecule has 5 aromatic rings. The lowest BCUT2D eigenvalue weighted by Gasteiger charge is -2.18. The van der Waals surface area contributed by atoms with Gasteiger partial charge in [0.2, 0.25) is 5.52 Å². The molecule has 39 heavy (non-hydrogen) atoms. The molecule has 0 saturated carbocycles. The Hall–Kier alpha value is -2.56. The van der Waals surface area contributed by atoms with Crippen LogP contribution in [-0.4, -0.2) is 31.8 Å². The Morgan fingerprint density at radius 1 is 0.846 bits per heavy atom. The van der Waals surface area contributed by atoms with Gasteiger partial charge in [-0.25, -0.2) is 0 Å². The zero-order valence-corrected chi connectivity index (χ0v) is 24.7. The number of rotatable bonds is 7. The number of thiazole rings is 1. The van der Waals surface area contributed by atoms with Crippen LogP contribution >= 0.6 is 45.8 Å². The van der Waals surface area contributed by atoms with Crippen LogP contribution in [-0.2, 0) is 26.1 Å². The molecule has 1 aliphatic heterocycles. The molecule has 0 radical (unpaired) electrons. The predicted octanol–water partition coefficient (Wildman–Crippen LogP) is 6.25. The number of benzene rings is 2. The number of aromatic nitrogens is 1. The highest BCUT2D eigenvalue weighted by Gasteiger charge is 2.32.